The van der Waals surface area contributed by atoms with Crippen LogP contribution in [-0.4, -0.2) is 34.4 Å². The first-order valence-corrected chi connectivity index (χ1v) is 12.6. The summed E-state index contributed by atoms with van der Waals surface area (Å²) in [6.45, 7) is 0. The third-order valence-electron chi connectivity index (χ3n) is 6.92. The third-order valence-corrected chi connectivity index (χ3v) is 7.44. The average molecular weight is 506 g/mol. The van der Waals surface area contributed by atoms with E-state index in [9.17, 15) is 19.2 Å². The molecule has 7 nitrogen and oxygen atoms in total. The zero-order valence-electron chi connectivity index (χ0n) is 18.9. The van der Waals surface area contributed by atoms with Gasteiger partial charge in [0.25, 0.3) is 0 Å². The lowest BCUT2D eigenvalue weighted by molar-refractivity contribution is -0.132. The highest BCUT2D eigenvalue weighted by Crippen LogP contribution is 2.37. The van der Waals surface area contributed by atoms with Crippen LogP contribution in [0.4, 0.5) is 0 Å². The van der Waals surface area contributed by atoms with E-state index in [2.05, 4.69) is 10.3 Å². The second-order valence-electron chi connectivity index (χ2n) is 9.65. The van der Waals surface area contributed by atoms with E-state index >= 15 is 0 Å². The Hall–Kier alpha value is -2.38. The van der Waals surface area contributed by atoms with Gasteiger partial charge in [-0.25, -0.2) is 0 Å². The zero-order chi connectivity index (χ0) is 24.4. The number of carbonyl (C=O) groups is 4. The van der Waals surface area contributed by atoms with Crippen LogP contribution in [0.3, 0.4) is 0 Å². The predicted octanol–water partition coefficient (Wildman–Crippen LogP) is 4.58. The van der Waals surface area contributed by atoms with Crippen LogP contribution in [0.1, 0.15) is 68.3 Å². The number of halogens is 2. The van der Waals surface area contributed by atoms with E-state index in [1.165, 1.54) is 0 Å². The Morgan fingerprint density at radius 3 is 2.53 bits per heavy atom. The lowest BCUT2D eigenvalue weighted by Crippen LogP contribution is -2.48. The second kappa shape index (κ2) is 10.5. The minimum Gasteiger partial charge on any atom is -0.368 e. The Balaban J connectivity index is 1.46. The van der Waals surface area contributed by atoms with Crippen molar-refractivity contribution in [1.82, 2.24) is 10.3 Å². The molecular formula is C25H29Cl2N3O4. The van der Waals surface area contributed by atoms with Gasteiger partial charge in [-0.1, -0.05) is 42.5 Å². The number of nitrogens with two attached hydrogens (primary N) is 1. The number of amides is 2. The van der Waals surface area contributed by atoms with E-state index in [1.807, 2.05) is 0 Å². The number of H-pyrrole nitrogens is 1. The number of aromatic amines is 1. The maximum atomic E-state index is 13.2. The number of ketones is 2. The summed E-state index contributed by atoms with van der Waals surface area (Å²) >= 11 is 12.3. The molecule has 9 heteroatoms. The van der Waals surface area contributed by atoms with Crippen LogP contribution in [0.15, 0.2) is 18.2 Å². The van der Waals surface area contributed by atoms with Crippen molar-refractivity contribution in [2.24, 2.45) is 23.5 Å². The first-order valence-electron chi connectivity index (χ1n) is 11.8. The van der Waals surface area contributed by atoms with Gasteiger partial charge in [-0.3, -0.25) is 19.2 Å². The van der Waals surface area contributed by atoms with Crippen molar-refractivity contribution in [2.75, 3.05) is 0 Å². The normalized spacial score (nSPS) is 20.2. The SMILES string of the molecule is NC(=O)[C@H](C[C@@H]1CCCCC1=O)NC(=O)[C@@H](CC(=O)c1cc2cc(Cl)cc(Cl)c2[nH]1)CC1CC1. The summed E-state index contributed by atoms with van der Waals surface area (Å²) in [6.07, 6.45) is 5.81. The highest BCUT2D eigenvalue weighted by Gasteiger charge is 2.34. The summed E-state index contributed by atoms with van der Waals surface area (Å²) in [6, 6.07) is 4.07. The molecule has 2 amide bonds. The second-order valence-corrected chi connectivity index (χ2v) is 10.5. The van der Waals surface area contributed by atoms with Gasteiger partial charge in [0.05, 0.1) is 16.2 Å². The van der Waals surface area contributed by atoms with Crippen molar-refractivity contribution < 1.29 is 19.2 Å². The summed E-state index contributed by atoms with van der Waals surface area (Å²) in [5, 5.41) is 4.35. The van der Waals surface area contributed by atoms with Crippen LogP contribution in [-0.2, 0) is 14.4 Å². The molecule has 1 heterocycles. The number of hydrogen-bond donors (Lipinski definition) is 3. The summed E-state index contributed by atoms with van der Waals surface area (Å²) in [4.78, 5) is 53.6. The highest BCUT2D eigenvalue weighted by atomic mass is 35.5. The van der Waals surface area contributed by atoms with E-state index in [1.54, 1.807) is 18.2 Å². The molecule has 1 aromatic heterocycles. The molecule has 3 atom stereocenters. The molecule has 2 saturated carbocycles. The molecule has 0 spiro atoms. The highest BCUT2D eigenvalue weighted by molar-refractivity contribution is 6.38. The van der Waals surface area contributed by atoms with Crippen LogP contribution in [0.5, 0.6) is 0 Å². The van der Waals surface area contributed by atoms with Gasteiger partial charge in [0, 0.05) is 35.1 Å². The van der Waals surface area contributed by atoms with Gasteiger partial charge in [0.15, 0.2) is 5.78 Å². The molecule has 4 rings (SSSR count). The van der Waals surface area contributed by atoms with Crippen LogP contribution in [0.25, 0.3) is 10.9 Å². The average Bonchev–Trinajstić information content (AvgIpc) is 3.49. The van der Waals surface area contributed by atoms with Crippen molar-refractivity contribution >= 4 is 57.5 Å². The van der Waals surface area contributed by atoms with E-state index in [0.29, 0.717) is 46.4 Å². The van der Waals surface area contributed by atoms with Crippen LogP contribution in [0, 0.1) is 17.8 Å². The van der Waals surface area contributed by atoms with E-state index in [0.717, 1.165) is 31.1 Å². The fourth-order valence-electron chi connectivity index (χ4n) is 4.81. The quantitative estimate of drug-likeness (QED) is 0.408. The third kappa shape index (κ3) is 5.99. The van der Waals surface area contributed by atoms with Crippen molar-refractivity contribution in [3.8, 4) is 0 Å². The number of benzene rings is 1. The number of Topliss-reactive ketones (excluding diaryl/α,β-unsaturated/α-hetero) is 2. The number of aromatic nitrogens is 1. The van der Waals surface area contributed by atoms with Crippen LogP contribution < -0.4 is 11.1 Å². The standard InChI is InChI=1S/C25H29Cl2N3O4/c26-17-8-15-10-19(29-23(15)18(27)12-17)22(32)11-16(7-13-5-6-13)25(34)30-20(24(28)33)9-14-3-1-2-4-21(14)31/h8,10,12-14,16,20,29H,1-7,9,11H2,(H2,28,33)(H,30,34)/t14-,16+,20-/m0/s1. The molecule has 0 unspecified atom stereocenters. The van der Waals surface area contributed by atoms with Gasteiger partial charge in [0.2, 0.25) is 11.8 Å². The molecule has 1 aromatic carbocycles. The molecule has 2 fully saturated rings. The molecule has 2 aliphatic rings. The summed E-state index contributed by atoms with van der Waals surface area (Å²) in [5.41, 5.74) is 6.53. The van der Waals surface area contributed by atoms with Gasteiger partial charge in [-0.2, -0.15) is 0 Å². The number of nitrogens with one attached hydrogen (secondary N) is 2. The number of fused-ring (bicyclic) bond motifs is 1. The molecule has 2 aliphatic carbocycles. The Bertz CT molecular complexity index is 1120. The number of hydrogen-bond acceptors (Lipinski definition) is 4. The Kier molecular flexibility index (Phi) is 7.63. The smallest absolute Gasteiger partial charge is 0.240 e. The fraction of sp³-hybridized carbons (Fsp3) is 0.520. The van der Waals surface area contributed by atoms with Gasteiger partial charge >= 0.3 is 0 Å². The Labute approximate surface area is 208 Å². The lowest BCUT2D eigenvalue weighted by atomic mass is 9.83. The number of rotatable bonds is 10. The maximum Gasteiger partial charge on any atom is 0.240 e. The predicted molar refractivity (Wildman–Crippen MR) is 131 cm³/mol. The van der Waals surface area contributed by atoms with Crippen molar-refractivity contribution in [2.45, 2.75) is 63.8 Å². The molecule has 0 radical (unpaired) electrons. The minimum atomic E-state index is -0.926. The molecular weight excluding hydrogens is 477 g/mol. The maximum absolute atomic E-state index is 13.2. The van der Waals surface area contributed by atoms with Crippen molar-refractivity contribution in [3.05, 3.63) is 33.9 Å². The van der Waals surface area contributed by atoms with Gasteiger partial charge in [0.1, 0.15) is 11.8 Å². The molecule has 0 aliphatic heterocycles. The molecule has 34 heavy (non-hydrogen) atoms. The summed E-state index contributed by atoms with van der Waals surface area (Å²) < 4.78 is 0. The molecule has 0 saturated heterocycles. The van der Waals surface area contributed by atoms with Gasteiger partial charge in [-0.05, 0) is 49.8 Å². The number of carbonyl (C=O) groups excluding carboxylic acids is 4. The monoisotopic (exact) mass is 505 g/mol. The summed E-state index contributed by atoms with van der Waals surface area (Å²) in [7, 11) is 0. The first-order chi connectivity index (χ1) is 16.2. The van der Waals surface area contributed by atoms with E-state index in [-0.39, 0.29) is 36.2 Å². The first kappa shape index (κ1) is 24.7. The minimum absolute atomic E-state index is 0.00561. The molecule has 2 aromatic rings. The lowest BCUT2D eigenvalue weighted by Gasteiger charge is -2.26. The number of primary amides is 1. The topological polar surface area (TPSA) is 122 Å². The van der Waals surface area contributed by atoms with E-state index < -0.39 is 17.9 Å². The van der Waals surface area contributed by atoms with Gasteiger partial charge < -0.3 is 16.0 Å². The Morgan fingerprint density at radius 2 is 1.85 bits per heavy atom. The Morgan fingerprint density at radius 1 is 1.09 bits per heavy atom. The van der Waals surface area contributed by atoms with Crippen LogP contribution in [0.2, 0.25) is 10.0 Å². The van der Waals surface area contributed by atoms with Crippen molar-refractivity contribution in [3.63, 3.8) is 0 Å². The van der Waals surface area contributed by atoms with E-state index in [4.69, 9.17) is 28.9 Å². The largest absolute Gasteiger partial charge is 0.368 e. The molecule has 182 valence electrons. The van der Waals surface area contributed by atoms with Crippen molar-refractivity contribution in [1.29, 1.82) is 0 Å². The van der Waals surface area contributed by atoms with Crippen LogP contribution >= 0.6 is 23.2 Å². The fourth-order valence-corrected chi connectivity index (χ4v) is 5.37. The zero-order valence-corrected chi connectivity index (χ0v) is 20.4. The molecule has 4 N–H and O–H groups in total. The van der Waals surface area contributed by atoms with Gasteiger partial charge in [-0.15, -0.1) is 0 Å². The molecule has 0 bridgehead atoms. The summed E-state index contributed by atoms with van der Waals surface area (Å²) in [5.74, 6) is -1.59.